The summed E-state index contributed by atoms with van der Waals surface area (Å²) in [5.74, 6) is 1.69. The first-order valence-corrected chi connectivity index (χ1v) is 12.1. The molecule has 9 heteroatoms. The van der Waals surface area contributed by atoms with E-state index in [4.69, 9.17) is 14.7 Å². The second-order valence-corrected chi connectivity index (χ2v) is 9.92. The Balaban J connectivity index is 1.70. The maximum Gasteiger partial charge on any atom is 0.233 e. The van der Waals surface area contributed by atoms with E-state index in [1.165, 1.54) is 10.6 Å². The molecule has 0 bridgehead atoms. The minimum Gasteiger partial charge on any atom is -0.377 e. The van der Waals surface area contributed by atoms with Crippen LogP contribution in [0.2, 0.25) is 0 Å². The maximum atomic E-state index is 12.6. The Hall–Kier alpha value is -2.65. The molecule has 1 atom stereocenters. The normalized spacial score (nSPS) is 19.9. The summed E-state index contributed by atoms with van der Waals surface area (Å²) in [6.07, 6.45) is 4.83. The molecule has 0 amide bonds. The molecule has 0 unspecified atom stereocenters. The van der Waals surface area contributed by atoms with Crippen LogP contribution in [0.25, 0.3) is 22.3 Å². The Morgan fingerprint density at radius 1 is 1.23 bits per heavy atom. The largest absolute Gasteiger partial charge is 0.377 e. The number of fused-ring (bicyclic) bond motifs is 1. The van der Waals surface area contributed by atoms with Crippen LogP contribution < -0.4 is 9.21 Å². The number of nitrogens with one attached hydrogen (secondary N) is 1. The molecule has 30 heavy (non-hydrogen) atoms. The third-order valence-corrected chi connectivity index (χ3v) is 6.86. The van der Waals surface area contributed by atoms with E-state index in [1.807, 2.05) is 36.5 Å². The first kappa shape index (κ1) is 19.3. The van der Waals surface area contributed by atoms with Crippen LogP contribution in [0.3, 0.4) is 0 Å². The number of ether oxygens (including phenoxy) is 1. The molecule has 5 rings (SSSR count). The van der Waals surface area contributed by atoms with E-state index in [0.717, 1.165) is 35.1 Å². The smallest absolute Gasteiger partial charge is 0.233 e. The minimum atomic E-state index is -3.45. The molecule has 2 aliphatic rings. The lowest BCUT2D eigenvalue weighted by Crippen LogP contribution is -2.44. The Kier molecular flexibility index (Phi) is 4.67. The summed E-state index contributed by atoms with van der Waals surface area (Å²) >= 11 is 0. The van der Waals surface area contributed by atoms with Crippen LogP contribution >= 0.6 is 0 Å². The van der Waals surface area contributed by atoms with Crippen molar-refractivity contribution in [2.45, 2.75) is 31.8 Å². The number of hydrogen-bond donors (Lipinski definition) is 1. The molecule has 0 radical (unpaired) electrons. The fourth-order valence-electron chi connectivity index (χ4n) is 4.09. The van der Waals surface area contributed by atoms with Crippen molar-refractivity contribution in [2.75, 3.05) is 35.2 Å². The number of benzene rings is 1. The standard InChI is InChI=1S/C21H25N5O3S/c1-14-13-29-11-10-25(14)19-12-20(26(15-6-7-15)30(2,27)28)24-21(23-19)17-4-3-5-18-16(17)8-9-22-18/h3-5,8-9,12,14-15,22H,6-7,10-11,13H2,1-2H3/t14-/m1/s1. The van der Waals surface area contributed by atoms with Crippen molar-refractivity contribution in [3.63, 3.8) is 0 Å². The molecular formula is C21H25N5O3S. The van der Waals surface area contributed by atoms with Gasteiger partial charge >= 0.3 is 0 Å². The van der Waals surface area contributed by atoms with Gasteiger partial charge < -0.3 is 14.6 Å². The Morgan fingerprint density at radius 2 is 2.07 bits per heavy atom. The number of rotatable bonds is 5. The average molecular weight is 428 g/mol. The molecule has 3 heterocycles. The van der Waals surface area contributed by atoms with E-state index in [-0.39, 0.29) is 12.1 Å². The SMILES string of the molecule is C[C@@H]1COCCN1c1cc(N(C2CC2)S(C)(=O)=O)nc(-c2cccc3[nH]ccc23)n1. The molecule has 1 aliphatic heterocycles. The number of aromatic amines is 1. The van der Waals surface area contributed by atoms with Gasteiger partial charge in [0.1, 0.15) is 11.6 Å². The van der Waals surface area contributed by atoms with E-state index in [1.54, 1.807) is 0 Å². The Labute approximate surface area is 175 Å². The second-order valence-electron chi connectivity index (χ2n) is 8.06. The van der Waals surface area contributed by atoms with E-state index in [9.17, 15) is 8.42 Å². The second kappa shape index (κ2) is 7.24. The van der Waals surface area contributed by atoms with Crippen molar-refractivity contribution < 1.29 is 13.2 Å². The van der Waals surface area contributed by atoms with Crippen molar-refractivity contribution >= 4 is 32.6 Å². The summed E-state index contributed by atoms with van der Waals surface area (Å²) in [6.45, 7) is 4.02. The van der Waals surface area contributed by atoms with Gasteiger partial charge in [0.25, 0.3) is 0 Å². The van der Waals surface area contributed by atoms with Crippen LogP contribution in [0.5, 0.6) is 0 Å². The van der Waals surface area contributed by atoms with Crippen LogP contribution in [0.15, 0.2) is 36.5 Å². The predicted molar refractivity (Wildman–Crippen MR) is 117 cm³/mol. The zero-order chi connectivity index (χ0) is 20.9. The van der Waals surface area contributed by atoms with Crippen molar-refractivity contribution in [1.29, 1.82) is 0 Å². The molecule has 1 N–H and O–H groups in total. The molecule has 158 valence electrons. The van der Waals surface area contributed by atoms with Crippen molar-refractivity contribution in [2.24, 2.45) is 0 Å². The quantitative estimate of drug-likeness (QED) is 0.673. The summed E-state index contributed by atoms with van der Waals surface area (Å²) in [7, 11) is -3.45. The molecule has 1 saturated heterocycles. The van der Waals surface area contributed by atoms with Crippen molar-refractivity contribution in [1.82, 2.24) is 15.0 Å². The number of aromatic nitrogens is 3. The Morgan fingerprint density at radius 3 is 2.80 bits per heavy atom. The van der Waals surface area contributed by atoms with Gasteiger partial charge in [-0.25, -0.2) is 18.4 Å². The summed E-state index contributed by atoms with van der Waals surface area (Å²) in [5.41, 5.74) is 1.87. The molecular weight excluding hydrogens is 402 g/mol. The monoisotopic (exact) mass is 427 g/mol. The van der Waals surface area contributed by atoms with Gasteiger partial charge in [0, 0.05) is 41.3 Å². The van der Waals surface area contributed by atoms with Gasteiger partial charge in [-0.05, 0) is 31.9 Å². The molecule has 1 saturated carbocycles. The third kappa shape index (κ3) is 3.52. The van der Waals surface area contributed by atoms with Crippen molar-refractivity contribution in [3.05, 3.63) is 36.5 Å². The fourth-order valence-corrected chi connectivity index (χ4v) is 5.27. The minimum absolute atomic E-state index is 0.0271. The lowest BCUT2D eigenvalue weighted by molar-refractivity contribution is 0.0985. The number of anilines is 2. The van der Waals surface area contributed by atoms with Gasteiger partial charge in [0.05, 0.1) is 25.5 Å². The molecule has 2 fully saturated rings. The highest BCUT2D eigenvalue weighted by Crippen LogP contribution is 2.36. The fraction of sp³-hybridized carbons (Fsp3) is 0.429. The predicted octanol–water partition coefficient (Wildman–Crippen LogP) is 2.78. The van der Waals surface area contributed by atoms with Gasteiger partial charge in [-0.15, -0.1) is 0 Å². The highest BCUT2D eigenvalue weighted by atomic mass is 32.2. The molecule has 8 nitrogen and oxygen atoms in total. The number of nitrogens with zero attached hydrogens (tertiary/aromatic N) is 4. The van der Waals surface area contributed by atoms with Crippen LogP contribution in [0, 0.1) is 0 Å². The maximum absolute atomic E-state index is 12.6. The molecule has 3 aromatic rings. The van der Waals surface area contributed by atoms with E-state index in [2.05, 4.69) is 16.8 Å². The molecule has 1 aromatic carbocycles. The summed E-state index contributed by atoms with van der Waals surface area (Å²) in [5, 5.41) is 1.01. The summed E-state index contributed by atoms with van der Waals surface area (Å²) in [6, 6.07) is 9.85. The van der Waals surface area contributed by atoms with Crippen LogP contribution in [0.4, 0.5) is 11.6 Å². The van der Waals surface area contributed by atoms with E-state index in [0.29, 0.717) is 31.4 Å². The number of sulfonamides is 1. The topological polar surface area (TPSA) is 91.4 Å². The van der Waals surface area contributed by atoms with Gasteiger partial charge in [0.2, 0.25) is 10.0 Å². The van der Waals surface area contributed by atoms with Crippen LogP contribution in [-0.2, 0) is 14.8 Å². The van der Waals surface area contributed by atoms with Gasteiger partial charge in [-0.2, -0.15) is 0 Å². The average Bonchev–Trinajstić information content (AvgIpc) is 3.40. The van der Waals surface area contributed by atoms with E-state index >= 15 is 0 Å². The lowest BCUT2D eigenvalue weighted by Gasteiger charge is -2.35. The number of hydrogen-bond acceptors (Lipinski definition) is 6. The number of morpholine rings is 1. The number of H-pyrrole nitrogens is 1. The van der Waals surface area contributed by atoms with Gasteiger partial charge in [-0.3, -0.25) is 4.31 Å². The first-order valence-electron chi connectivity index (χ1n) is 10.2. The summed E-state index contributed by atoms with van der Waals surface area (Å²) < 4.78 is 32.3. The van der Waals surface area contributed by atoms with E-state index < -0.39 is 10.0 Å². The summed E-state index contributed by atoms with van der Waals surface area (Å²) in [4.78, 5) is 15.0. The van der Waals surface area contributed by atoms with Crippen LogP contribution in [0.1, 0.15) is 19.8 Å². The Bertz CT molecular complexity index is 1190. The molecule has 2 aromatic heterocycles. The zero-order valence-corrected chi connectivity index (χ0v) is 17.9. The first-order chi connectivity index (χ1) is 14.4. The van der Waals surface area contributed by atoms with Crippen LogP contribution in [-0.4, -0.2) is 61.5 Å². The molecule has 0 spiro atoms. The van der Waals surface area contributed by atoms with Crippen molar-refractivity contribution in [3.8, 4) is 11.4 Å². The third-order valence-electron chi connectivity index (χ3n) is 5.66. The van der Waals surface area contributed by atoms with Gasteiger partial charge in [-0.1, -0.05) is 12.1 Å². The zero-order valence-electron chi connectivity index (χ0n) is 17.1. The molecule has 1 aliphatic carbocycles. The van der Waals surface area contributed by atoms with Gasteiger partial charge in [0.15, 0.2) is 5.82 Å². The highest BCUT2D eigenvalue weighted by Gasteiger charge is 2.37. The highest BCUT2D eigenvalue weighted by molar-refractivity contribution is 7.92. The lowest BCUT2D eigenvalue weighted by atomic mass is 10.1.